The highest BCUT2D eigenvalue weighted by Gasteiger charge is 2.45. The Morgan fingerprint density at radius 2 is 2.19 bits per heavy atom. The summed E-state index contributed by atoms with van der Waals surface area (Å²) >= 11 is 0. The van der Waals surface area contributed by atoms with Gasteiger partial charge in [-0.1, -0.05) is 0 Å². The molecule has 4 nitrogen and oxygen atoms in total. The van der Waals surface area contributed by atoms with Crippen LogP contribution in [0.4, 0.5) is 0 Å². The summed E-state index contributed by atoms with van der Waals surface area (Å²) < 4.78 is 5.50. The van der Waals surface area contributed by atoms with E-state index < -0.39 is 11.6 Å². The fraction of sp³-hybridized carbons (Fsp3) is 0.917. The van der Waals surface area contributed by atoms with Crippen molar-refractivity contribution in [2.24, 2.45) is 5.92 Å². The second-order valence-corrected chi connectivity index (χ2v) is 5.20. The van der Waals surface area contributed by atoms with Crippen LogP contribution in [-0.2, 0) is 9.53 Å². The standard InChI is InChI=1S/C12H20O4/c13-11(14)9-7-12(15,8-9)5-1-3-10-4-2-6-16-10/h9-10,15H,1-8H2,(H,13,14). The third-order valence-electron chi connectivity index (χ3n) is 3.79. The van der Waals surface area contributed by atoms with Crippen molar-refractivity contribution in [2.75, 3.05) is 6.61 Å². The number of hydrogen-bond donors (Lipinski definition) is 2. The lowest BCUT2D eigenvalue weighted by Crippen LogP contribution is -2.46. The fourth-order valence-corrected chi connectivity index (χ4v) is 2.77. The van der Waals surface area contributed by atoms with Crippen molar-refractivity contribution < 1.29 is 19.7 Å². The van der Waals surface area contributed by atoms with Gasteiger partial charge in [0.05, 0.1) is 17.6 Å². The summed E-state index contributed by atoms with van der Waals surface area (Å²) in [6, 6.07) is 0. The predicted molar refractivity (Wildman–Crippen MR) is 58.1 cm³/mol. The highest BCUT2D eigenvalue weighted by Crippen LogP contribution is 2.41. The summed E-state index contributed by atoms with van der Waals surface area (Å²) in [5.41, 5.74) is -0.707. The molecule has 1 heterocycles. The van der Waals surface area contributed by atoms with Crippen molar-refractivity contribution in [1.29, 1.82) is 0 Å². The molecule has 1 aliphatic carbocycles. The van der Waals surface area contributed by atoms with Crippen LogP contribution in [0.2, 0.25) is 0 Å². The number of rotatable bonds is 5. The topological polar surface area (TPSA) is 66.8 Å². The summed E-state index contributed by atoms with van der Waals surface area (Å²) in [6.07, 6.45) is 6.16. The molecule has 2 aliphatic rings. The number of carboxylic acids is 1. The van der Waals surface area contributed by atoms with E-state index in [0.29, 0.717) is 18.9 Å². The molecule has 0 spiro atoms. The predicted octanol–water partition coefficient (Wildman–Crippen LogP) is 1.56. The van der Waals surface area contributed by atoms with E-state index in [9.17, 15) is 9.90 Å². The van der Waals surface area contributed by atoms with Crippen molar-refractivity contribution in [3.05, 3.63) is 0 Å². The third kappa shape index (κ3) is 2.74. The maximum absolute atomic E-state index is 10.6. The first kappa shape index (κ1) is 11.9. The van der Waals surface area contributed by atoms with Crippen molar-refractivity contribution in [1.82, 2.24) is 0 Å². The quantitative estimate of drug-likeness (QED) is 0.749. The third-order valence-corrected chi connectivity index (χ3v) is 3.79. The van der Waals surface area contributed by atoms with Gasteiger partial charge in [0.25, 0.3) is 0 Å². The molecule has 16 heavy (non-hydrogen) atoms. The molecule has 0 amide bonds. The van der Waals surface area contributed by atoms with Gasteiger partial charge in [0, 0.05) is 6.61 Å². The van der Waals surface area contributed by atoms with E-state index in [2.05, 4.69) is 0 Å². The van der Waals surface area contributed by atoms with E-state index >= 15 is 0 Å². The Bertz CT molecular complexity index is 252. The molecule has 2 rings (SSSR count). The zero-order valence-electron chi connectivity index (χ0n) is 9.52. The molecule has 1 saturated heterocycles. The van der Waals surface area contributed by atoms with Crippen LogP contribution < -0.4 is 0 Å². The van der Waals surface area contributed by atoms with Crippen LogP contribution in [0.15, 0.2) is 0 Å². The van der Waals surface area contributed by atoms with E-state index in [-0.39, 0.29) is 5.92 Å². The maximum Gasteiger partial charge on any atom is 0.306 e. The minimum absolute atomic E-state index is 0.326. The van der Waals surface area contributed by atoms with Crippen LogP contribution in [0.5, 0.6) is 0 Å². The minimum Gasteiger partial charge on any atom is -0.481 e. The number of hydrogen-bond acceptors (Lipinski definition) is 3. The number of carboxylic acid groups (broad SMARTS) is 1. The molecule has 0 bridgehead atoms. The van der Waals surface area contributed by atoms with E-state index in [1.165, 1.54) is 0 Å². The van der Waals surface area contributed by atoms with Crippen LogP contribution >= 0.6 is 0 Å². The molecule has 92 valence electrons. The van der Waals surface area contributed by atoms with E-state index in [4.69, 9.17) is 9.84 Å². The fourth-order valence-electron chi connectivity index (χ4n) is 2.77. The molecular formula is C12H20O4. The van der Waals surface area contributed by atoms with Gasteiger partial charge in [0.15, 0.2) is 0 Å². The average Bonchev–Trinajstić information content (AvgIpc) is 2.66. The highest BCUT2D eigenvalue weighted by atomic mass is 16.5. The first-order valence-corrected chi connectivity index (χ1v) is 6.16. The van der Waals surface area contributed by atoms with Gasteiger partial charge >= 0.3 is 5.97 Å². The molecule has 0 aromatic rings. The second-order valence-electron chi connectivity index (χ2n) is 5.20. The molecule has 1 atom stereocenters. The Hall–Kier alpha value is -0.610. The normalized spacial score (nSPS) is 38.3. The molecule has 1 unspecified atom stereocenters. The van der Waals surface area contributed by atoms with Crippen LogP contribution in [0.1, 0.15) is 44.9 Å². The van der Waals surface area contributed by atoms with Crippen LogP contribution in [0.25, 0.3) is 0 Å². The Morgan fingerprint density at radius 1 is 1.44 bits per heavy atom. The van der Waals surface area contributed by atoms with E-state index in [0.717, 1.165) is 38.7 Å². The number of carbonyl (C=O) groups is 1. The van der Waals surface area contributed by atoms with Crippen LogP contribution in [-0.4, -0.2) is 34.5 Å². The summed E-state index contributed by atoms with van der Waals surface area (Å²) in [5, 5.41) is 18.7. The molecular weight excluding hydrogens is 208 g/mol. The molecule has 2 fully saturated rings. The summed E-state index contributed by atoms with van der Waals surface area (Å²) in [7, 11) is 0. The second kappa shape index (κ2) is 4.72. The average molecular weight is 228 g/mol. The number of aliphatic hydroxyl groups is 1. The Balaban J connectivity index is 1.61. The van der Waals surface area contributed by atoms with Gasteiger partial charge in [0.1, 0.15) is 0 Å². The smallest absolute Gasteiger partial charge is 0.306 e. The summed E-state index contributed by atoms with van der Waals surface area (Å²) in [5.74, 6) is -1.10. The monoisotopic (exact) mass is 228 g/mol. The lowest BCUT2D eigenvalue weighted by molar-refractivity contribution is -0.159. The SMILES string of the molecule is O=C(O)C1CC(O)(CCCC2CCCO2)C1. The molecule has 0 aromatic carbocycles. The van der Waals surface area contributed by atoms with Crippen molar-refractivity contribution >= 4 is 5.97 Å². The largest absolute Gasteiger partial charge is 0.481 e. The molecule has 4 heteroatoms. The zero-order valence-corrected chi connectivity index (χ0v) is 9.52. The van der Waals surface area contributed by atoms with E-state index in [1.54, 1.807) is 0 Å². The first-order chi connectivity index (χ1) is 7.59. The highest BCUT2D eigenvalue weighted by molar-refractivity contribution is 5.71. The molecule has 2 N–H and O–H groups in total. The van der Waals surface area contributed by atoms with Crippen molar-refractivity contribution in [3.63, 3.8) is 0 Å². The molecule has 0 radical (unpaired) electrons. The van der Waals surface area contributed by atoms with Gasteiger partial charge in [-0.15, -0.1) is 0 Å². The first-order valence-electron chi connectivity index (χ1n) is 6.16. The van der Waals surface area contributed by atoms with Gasteiger partial charge in [-0.2, -0.15) is 0 Å². The van der Waals surface area contributed by atoms with Crippen molar-refractivity contribution in [2.45, 2.75) is 56.7 Å². The van der Waals surface area contributed by atoms with Gasteiger partial charge in [-0.05, 0) is 44.9 Å². The summed E-state index contributed by atoms with van der Waals surface area (Å²) in [4.78, 5) is 10.6. The maximum atomic E-state index is 10.6. The number of ether oxygens (including phenoxy) is 1. The van der Waals surface area contributed by atoms with Crippen LogP contribution in [0.3, 0.4) is 0 Å². The van der Waals surface area contributed by atoms with Gasteiger partial charge in [0.2, 0.25) is 0 Å². The molecule has 0 aromatic heterocycles. The van der Waals surface area contributed by atoms with E-state index in [1.807, 2.05) is 0 Å². The zero-order chi connectivity index (χ0) is 11.6. The minimum atomic E-state index is -0.774. The van der Waals surface area contributed by atoms with Crippen molar-refractivity contribution in [3.8, 4) is 0 Å². The Kier molecular flexibility index (Phi) is 3.50. The Morgan fingerprint density at radius 3 is 2.75 bits per heavy atom. The number of aliphatic carboxylic acids is 1. The summed E-state index contributed by atoms with van der Waals surface area (Å²) in [6.45, 7) is 0.871. The Labute approximate surface area is 95.6 Å². The van der Waals surface area contributed by atoms with Crippen LogP contribution in [0, 0.1) is 5.92 Å². The van der Waals surface area contributed by atoms with Gasteiger partial charge < -0.3 is 14.9 Å². The lowest BCUT2D eigenvalue weighted by Gasteiger charge is -2.41. The van der Waals surface area contributed by atoms with Gasteiger partial charge in [-0.3, -0.25) is 4.79 Å². The molecule has 1 saturated carbocycles. The lowest BCUT2D eigenvalue weighted by atomic mass is 9.68. The molecule has 1 aliphatic heterocycles. The van der Waals surface area contributed by atoms with Gasteiger partial charge in [-0.25, -0.2) is 0 Å².